The van der Waals surface area contributed by atoms with E-state index in [4.69, 9.17) is 10.6 Å². The summed E-state index contributed by atoms with van der Waals surface area (Å²) in [4.78, 5) is 15.3. The monoisotopic (exact) mass is 181 g/mol. The number of anilines is 1. The quantitative estimate of drug-likeness (QED) is 0.433. The van der Waals surface area contributed by atoms with Crippen LogP contribution in [0.3, 0.4) is 0 Å². The van der Waals surface area contributed by atoms with Gasteiger partial charge in [-0.3, -0.25) is 0 Å². The lowest BCUT2D eigenvalue weighted by Gasteiger charge is -2.16. The first-order chi connectivity index (χ1) is 6.24. The summed E-state index contributed by atoms with van der Waals surface area (Å²) in [6.45, 7) is 1.61. The Hall–Kier alpha value is -1.46. The molecule has 0 bridgehead atoms. The molecule has 0 heterocycles. The molecule has 13 heavy (non-hydrogen) atoms. The summed E-state index contributed by atoms with van der Waals surface area (Å²) in [5.74, 6) is 0. The molecule has 1 aromatic carbocycles. The van der Waals surface area contributed by atoms with E-state index in [1.54, 1.807) is 31.2 Å². The van der Waals surface area contributed by atoms with E-state index in [1.165, 1.54) is 0 Å². The van der Waals surface area contributed by atoms with Crippen molar-refractivity contribution in [1.29, 1.82) is 0 Å². The van der Waals surface area contributed by atoms with Gasteiger partial charge in [-0.05, 0) is 19.1 Å². The van der Waals surface area contributed by atoms with Crippen molar-refractivity contribution in [1.82, 2.24) is 0 Å². The molecule has 70 valence electrons. The van der Waals surface area contributed by atoms with Crippen LogP contribution in [0.25, 0.3) is 0 Å². The highest BCUT2D eigenvalue weighted by atomic mass is 16.7. The average molecular weight is 181 g/mol. The molecule has 0 aliphatic heterocycles. The third-order valence-electron chi connectivity index (χ3n) is 1.32. The zero-order chi connectivity index (χ0) is 9.68. The fourth-order valence-electron chi connectivity index (χ4n) is 0.840. The van der Waals surface area contributed by atoms with Gasteiger partial charge in [-0.1, -0.05) is 18.2 Å². The molecule has 1 aromatic rings. The van der Waals surface area contributed by atoms with Crippen LogP contribution >= 0.6 is 0 Å². The minimum atomic E-state index is -0.571. The largest absolute Gasteiger partial charge is 0.304 e. The third kappa shape index (κ3) is 2.81. The van der Waals surface area contributed by atoms with Gasteiger partial charge in [-0.2, -0.15) is 0 Å². The molecular formula is C8H11N3O2. The van der Waals surface area contributed by atoms with Crippen molar-refractivity contribution in [3.63, 3.8) is 0 Å². The van der Waals surface area contributed by atoms with E-state index in [9.17, 15) is 4.91 Å². The molecule has 0 aromatic heterocycles. The summed E-state index contributed by atoms with van der Waals surface area (Å²) >= 11 is 0. The highest BCUT2D eigenvalue weighted by molar-refractivity contribution is 5.42. The second-order valence-corrected chi connectivity index (χ2v) is 2.50. The number of hydrogen-bond donors (Lipinski definition) is 1. The number of para-hydroxylation sites is 1. The number of nitroso groups, excluding NO2 is 1. The topological polar surface area (TPSA) is 67.9 Å². The Balaban J connectivity index is 2.73. The van der Waals surface area contributed by atoms with Crippen LogP contribution in [0.5, 0.6) is 0 Å². The smallest absolute Gasteiger partial charge is 0.133 e. The molecule has 0 saturated heterocycles. The van der Waals surface area contributed by atoms with Crippen LogP contribution in [0.1, 0.15) is 6.92 Å². The van der Waals surface area contributed by atoms with Crippen LogP contribution in [0.2, 0.25) is 0 Å². The molecule has 0 aliphatic carbocycles. The maximum absolute atomic E-state index is 10.3. The third-order valence-corrected chi connectivity index (χ3v) is 1.32. The second kappa shape index (κ2) is 4.54. The normalized spacial score (nSPS) is 12.2. The molecule has 0 radical (unpaired) electrons. The molecule has 5 nitrogen and oxygen atoms in total. The Morgan fingerprint density at radius 1 is 1.46 bits per heavy atom. The van der Waals surface area contributed by atoms with E-state index in [-0.39, 0.29) is 0 Å². The number of nitrogens with zero attached hydrogens (tertiary/aromatic N) is 2. The van der Waals surface area contributed by atoms with Crippen molar-refractivity contribution in [3.8, 4) is 0 Å². The molecule has 0 spiro atoms. The van der Waals surface area contributed by atoms with Crippen LogP contribution in [0.4, 0.5) is 5.69 Å². The summed E-state index contributed by atoms with van der Waals surface area (Å²) in [5, 5.41) is 3.53. The van der Waals surface area contributed by atoms with E-state index in [0.717, 1.165) is 5.17 Å². The lowest BCUT2D eigenvalue weighted by molar-refractivity contribution is 0.0487. The Kier molecular flexibility index (Phi) is 3.36. The van der Waals surface area contributed by atoms with Gasteiger partial charge >= 0.3 is 0 Å². The van der Waals surface area contributed by atoms with Crippen molar-refractivity contribution in [2.75, 3.05) is 5.17 Å². The zero-order valence-corrected chi connectivity index (χ0v) is 7.25. The highest BCUT2D eigenvalue weighted by Gasteiger charge is 2.08. The van der Waals surface area contributed by atoms with Crippen LogP contribution < -0.4 is 10.9 Å². The van der Waals surface area contributed by atoms with Crippen molar-refractivity contribution in [2.45, 2.75) is 13.2 Å². The van der Waals surface area contributed by atoms with E-state index in [1.807, 2.05) is 6.07 Å². The molecule has 0 amide bonds. The maximum Gasteiger partial charge on any atom is 0.133 e. The Morgan fingerprint density at radius 3 is 2.54 bits per heavy atom. The number of benzene rings is 1. The molecule has 5 heteroatoms. The lowest BCUT2D eigenvalue weighted by Crippen LogP contribution is -2.29. The summed E-state index contributed by atoms with van der Waals surface area (Å²) < 4.78 is 0. The zero-order valence-electron chi connectivity index (χ0n) is 7.25. The average Bonchev–Trinajstić information content (AvgIpc) is 2.15. The predicted octanol–water partition coefficient (Wildman–Crippen LogP) is 1.41. The maximum atomic E-state index is 10.3. The number of rotatable bonds is 4. The summed E-state index contributed by atoms with van der Waals surface area (Å²) in [6.07, 6.45) is -0.571. The summed E-state index contributed by atoms with van der Waals surface area (Å²) in [7, 11) is 0. The minimum Gasteiger partial charge on any atom is -0.304 e. The number of hydrogen-bond acceptors (Lipinski definition) is 4. The minimum absolute atomic E-state index is 0.551. The van der Waals surface area contributed by atoms with Gasteiger partial charge in [-0.15, -0.1) is 10.1 Å². The van der Waals surface area contributed by atoms with Gasteiger partial charge in [0.2, 0.25) is 0 Å². The van der Waals surface area contributed by atoms with E-state index in [0.29, 0.717) is 5.69 Å². The van der Waals surface area contributed by atoms with Gasteiger partial charge in [0.05, 0.1) is 11.0 Å². The Labute approximate surface area is 76.0 Å². The van der Waals surface area contributed by atoms with Crippen molar-refractivity contribution < 1.29 is 4.84 Å². The summed E-state index contributed by atoms with van der Waals surface area (Å²) in [6, 6.07) is 8.78. The van der Waals surface area contributed by atoms with Gasteiger partial charge in [0.1, 0.15) is 6.23 Å². The molecule has 2 N–H and O–H groups in total. The SMILES string of the molecule is CC(N)ON(N=O)c1ccccc1. The van der Waals surface area contributed by atoms with Crippen molar-refractivity contribution in [3.05, 3.63) is 35.2 Å². The number of nitrogens with two attached hydrogens (primary N) is 1. The predicted molar refractivity (Wildman–Crippen MR) is 49.5 cm³/mol. The van der Waals surface area contributed by atoms with Crippen molar-refractivity contribution in [2.24, 2.45) is 11.0 Å². The molecule has 1 unspecified atom stereocenters. The molecule has 0 aliphatic rings. The molecule has 0 fully saturated rings. The van der Waals surface area contributed by atoms with Gasteiger partial charge < -0.3 is 5.73 Å². The van der Waals surface area contributed by atoms with Crippen LogP contribution in [0.15, 0.2) is 35.6 Å². The Bertz CT molecular complexity index is 263. The fraction of sp³-hybridized carbons (Fsp3) is 0.250. The van der Waals surface area contributed by atoms with Crippen LogP contribution in [-0.4, -0.2) is 6.23 Å². The molecular weight excluding hydrogens is 170 g/mol. The second-order valence-electron chi connectivity index (χ2n) is 2.50. The van der Waals surface area contributed by atoms with Crippen LogP contribution in [0, 0.1) is 4.91 Å². The van der Waals surface area contributed by atoms with E-state index < -0.39 is 6.23 Å². The first kappa shape index (κ1) is 9.63. The van der Waals surface area contributed by atoms with Crippen molar-refractivity contribution >= 4 is 5.69 Å². The van der Waals surface area contributed by atoms with Gasteiger partial charge in [0.15, 0.2) is 0 Å². The first-order valence-corrected chi connectivity index (χ1v) is 3.85. The highest BCUT2D eigenvalue weighted by Crippen LogP contribution is 2.13. The first-order valence-electron chi connectivity index (χ1n) is 3.85. The van der Waals surface area contributed by atoms with Gasteiger partial charge in [-0.25, -0.2) is 4.84 Å². The molecule has 1 rings (SSSR count). The van der Waals surface area contributed by atoms with Gasteiger partial charge in [0.25, 0.3) is 0 Å². The van der Waals surface area contributed by atoms with E-state index >= 15 is 0 Å². The van der Waals surface area contributed by atoms with Gasteiger partial charge in [0, 0.05) is 0 Å². The standard InChI is InChI=1S/C8H11N3O2/c1-7(9)13-11(10-12)8-5-3-2-4-6-8/h2-7H,9H2,1H3. The molecule has 0 saturated carbocycles. The summed E-state index contributed by atoms with van der Waals surface area (Å²) in [5.41, 5.74) is 5.89. The Morgan fingerprint density at radius 2 is 2.08 bits per heavy atom. The van der Waals surface area contributed by atoms with E-state index in [2.05, 4.69) is 5.29 Å². The molecule has 1 atom stereocenters. The lowest BCUT2D eigenvalue weighted by atomic mass is 10.3. The fourth-order valence-corrected chi connectivity index (χ4v) is 0.840. The van der Waals surface area contributed by atoms with Crippen LogP contribution in [-0.2, 0) is 4.84 Å².